The second-order valence-corrected chi connectivity index (χ2v) is 5.19. The molecule has 0 saturated heterocycles. The van der Waals surface area contributed by atoms with E-state index in [2.05, 4.69) is 0 Å². The van der Waals surface area contributed by atoms with Crippen LogP contribution in [0.4, 0.5) is 8.78 Å². The highest BCUT2D eigenvalue weighted by Crippen LogP contribution is 2.24. The van der Waals surface area contributed by atoms with Crippen LogP contribution < -0.4 is 0 Å². The van der Waals surface area contributed by atoms with E-state index in [9.17, 15) is 13.6 Å². The van der Waals surface area contributed by atoms with Crippen molar-refractivity contribution in [1.82, 2.24) is 0 Å². The summed E-state index contributed by atoms with van der Waals surface area (Å²) in [5, 5.41) is 0.368. The average Bonchev–Trinajstić information content (AvgIpc) is 2.38. The Morgan fingerprint density at radius 3 is 2.58 bits per heavy atom. The average molecular weight is 299 g/mol. The van der Waals surface area contributed by atoms with E-state index in [1.165, 1.54) is 6.07 Å². The zero-order chi connectivity index (χ0) is 13.8. The molecule has 2 aromatic rings. The molecular weight excluding hydrogens is 290 g/mol. The van der Waals surface area contributed by atoms with Gasteiger partial charge in [0.25, 0.3) is 0 Å². The normalized spacial score (nSPS) is 10.5. The zero-order valence-corrected chi connectivity index (χ0v) is 11.3. The van der Waals surface area contributed by atoms with Gasteiger partial charge in [-0.3, -0.25) is 4.79 Å². The highest BCUT2D eigenvalue weighted by molar-refractivity contribution is 8.00. The molecule has 0 aromatic heterocycles. The van der Waals surface area contributed by atoms with Gasteiger partial charge in [0, 0.05) is 16.5 Å². The van der Waals surface area contributed by atoms with Crippen LogP contribution in [0.1, 0.15) is 10.4 Å². The fraction of sp³-hybridized carbons (Fsp3) is 0.0714. The molecule has 2 rings (SSSR count). The minimum atomic E-state index is -0.669. The lowest BCUT2D eigenvalue weighted by Gasteiger charge is -2.04. The van der Waals surface area contributed by atoms with Gasteiger partial charge in [0.1, 0.15) is 11.6 Å². The topological polar surface area (TPSA) is 17.1 Å². The molecule has 19 heavy (non-hydrogen) atoms. The fourth-order valence-corrected chi connectivity index (χ4v) is 2.54. The first-order chi connectivity index (χ1) is 9.08. The van der Waals surface area contributed by atoms with E-state index in [-0.39, 0.29) is 16.4 Å². The third kappa shape index (κ3) is 3.55. The summed E-state index contributed by atoms with van der Waals surface area (Å²) < 4.78 is 26.1. The van der Waals surface area contributed by atoms with Crippen LogP contribution >= 0.6 is 23.4 Å². The molecule has 0 heterocycles. The molecule has 0 aliphatic rings. The minimum absolute atomic E-state index is 0.0479. The molecule has 0 bridgehead atoms. The number of carbonyl (C=O) groups excluding carboxylic acids is 1. The van der Waals surface area contributed by atoms with Crippen molar-refractivity contribution in [3.8, 4) is 0 Å². The molecule has 0 aliphatic carbocycles. The van der Waals surface area contributed by atoms with Crippen LogP contribution in [-0.4, -0.2) is 11.5 Å². The number of hydrogen-bond donors (Lipinski definition) is 0. The standard InChI is InChI=1S/C14H9ClF2OS/c15-11-4-2-1-3-10(11)13(18)8-19-14-6-5-9(16)7-12(14)17/h1-7H,8H2. The summed E-state index contributed by atoms with van der Waals surface area (Å²) in [4.78, 5) is 12.2. The molecule has 0 atom stereocenters. The Bertz CT molecular complexity index is 616. The first-order valence-corrected chi connectivity index (χ1v) is 6.80. The Morgan fingerprint density at radius 1 is 1.16 bits per heavy atom. The van der Waals surface area contributed by atoms with Crippen molar-refractivity contribution in [1.29, 1.82) is 0 Å². The lowest BCUT2D eigenvalue weighted by molar-refractivity contribution is 0.102. The predicted molar refractivity (Wildman–Crippen MR) is 72.9 cm³/mol. The lowest BCUT2D eigenvalue weighted by atomic mass is 10.1. The summed E-state index contributed by atoms with van der Waals surface area (Å²) in [5.74, 6) is -1.46. The maximum atomic E-state index is 13.4. The van der Waals surface area contributed by atoms with E-state index in [4.69, 9.17) is 11.6 Å². The zero-order valence-electron chi connectivity index (χ0n) is 9.70. The molecule has 5 heteroatoms. The summed E-state index contributed by atoms with van der Waals surface area (Å²) >= 11 is 6.92. The van der Waals surface area contributed by atoms with Gasteiger partial charge in [0.2, 0.25) is 0 Å². The Kier molecular flexibility index (Phi) is 4.56. The summed E-state index contributed by atoms with van der Waals surface area (Å²) in [7, 11) is 0. The van der Waals surface area contributed by atoms with Gasteiger partial charge in [-0.15, -0.1) is 11.8 Å². The Hall–Kier alpha value is -1.39. The molecule has 0 unspecified atom stereocenters. The van der Waals surface area contributed by atoms with Gasteiger partial charge in [0.15, 0.2) is 5.78 Å². The van der Waals surface area contributed by atoms with E-state index in [0.29, 0.717) is 10.6 Å². The Balaban J connectivity index is 2.07. The SMILES string of the molecule is O=C(CSc1ccc(F)cc1F)c1ccccc1Cl. The van der Waals surface area contributed by atoms with Gasteiger partial charge in [-0.2, -0.15) is 0 Å². The molecule has 2 aromatic carbocycles. The van der Waals surface area contributed by atoms with Crippen LogP contribution in [0.25, 0.3) is 0 Å². The van der Waals surface area contributed by atoms with Gasteiger partial charge in [-0.25, -0.2) is 8.78 Å². The van der Waals surface area contributed by atoms with Crippen LogP contribution in [0.3, 0.4) is 0 Å². The quantitative estimate of drug-likeness (QED) is 0.606. The van der Waals surface area contributed by atoms with Gasteiger partial charge >= 0.3 is 0 Å². The number of carbonyl (C=O) groups is 1. The minimum Gasteiger partial charge on any atom is -0.293 e. The highest BCUT2D eigenvalue weighted by atomic mass is 35.5. The number of hydrogen-bond acceptors (Lipinski definition) is 2. The van der Waals surface area contributed by atoms with Crippen molar-refractivity contribution in [3.05, 3.63) is 64.7 Å². The molecule has 98 valence electrons. The van der Waals surface area contributed by atoms with E-state index < -0.39 is 11.6 Å². The summed E-state index contributed by atoms with van der Waals surface area (Å²) in [6, 6.07) is 9.95. The second-order valence-electron chi connectivity index (χ2n) is 3.77. The van der Waals surface area contributed by atoms with E-state index in [1.807, 2.05) is 0 Å². The highest BCUT2D eigenvalue weighted by Gasteiger charge is 2.12. The lowest BCUT2D eigenvalue weighted by Crippen LogP contribution is -2.03. The van der Waals surface area contributed by atoms with Gasteiger partial charge < -0.3 is 0 Å². The maximum Gasteiger partial charge on any atom is 0.174 e. The summed E-state index contributed by atoms with van der Waals surface area (Å²) in [6.45, 7) is 0. The van der Waals surface area contributed by atoms with Crippen molar-refractivity contribution in [2.45, 2.75) is 4.90 Å². The predicted octanol–water partition coefficient (Wildman–Crippen LogP) is 4.59. The number of ketones is 1. The largest absolute Gasteiger partial charge is 0.293 e. The fourth-order valence-electron chi connectivity index (χ4n) is 1.50. The van der Waals surface area contributed by atoms with Crippen molar-refractivity contribution in [3.63, 3.8) is 0 Å². The van der Waals surface area contributed by atoms with Crippen molar-refractivity contribution in [2.24, 2.45) is 0 Å². The van der Waals surface area contributed by atoms with Gasteiger partial charge in [-0.05, 0) is 24.3 Å². The third-order valence-electron chi connectivity index (χ3n) is 2.43. The monoisotopic (exact) mass is 298 g/mol. The van der Waals surface area contributed by atoms with E-state index in [0.717, 1.165) is 23.9 Å². The summed E-state index contributed by atoms with van der Waals surface area (Å²) in [5.41, 5.74) is 0.402. The molecule has 0 radical (unpaired) electrons. The number of Topliss-reactive ketones (excluding diaryl/α,β-unsaturated/α-hetero) is 1. The molecular formula is C14H9ClF2OS. The van der Waals surface area contributed by atoms with Crippen molar-refractivity contribution < 1.29 is 13.6 Å². The number of benzene rings is 2. The molecule has 0 N–H and O–H groups in total. The molecule has 0 amide bonds. The van der Waals surface area contributed by atoms with E-state index >= 15 is 0 Å². The maximum absolute atomic E-state index is 13.4. The van der Waals surface area contributed by atoms with E-state index in [1.54, 1.807) is 24.3 Å². The van der Waals surface area contributed by atoms with Crippen LogP contribution in [0.15, 0.2) is 47.4 Å². The Labute approximate surface area is 118 Å². The molecule has 1 nitrogen and oxygen atoms in total. The number of halogens is 3. The van der Waals surface area contributed by atoms with Crippen LogP contribution in [0, 0.1) is 11.6 Å². The van der Waals surface area contributed by atoms with Crippen LogP contribution in [0.2, 0.25) is 5.02 Å². The smallest absolute Gasteiger partial charge is 0.174 e. The summed E-state index contributed by atoms with van der Waals surface area (Å²) in [6.07, 6.45) is 0. The molecule has 0 spiro atoms. The number of rotatable bonds is 4. The molecule has 0 fully saturated rings. The first-order valence-electron chi connectivity index (χ1n) is 5.43. The van der Waals surface area contributed by atoms with Gasteiger partial charge in [-0.1, -0.05) is 23.7 Å². The Morgan fingerprint density at radius 2 is 1.89 bits per heavy atom. The molecule has 0 aliphatic heterocycles. The second kappa shape index (κ2) is 6.17. The van der Waals surface area contributed by atoms with Crippen LogP contribution in [0.5, 0.6) is 0 Å². The van der Waals surface area contributed by atoms with Crippen molar-refractivity contribution >= 4 is 29.1 Å². The van der Waals surface area contributed by atoms with Gasteiger partial charge in [0.05, 0.1) is 10.8 Å². The van der Waals surface area contributed by atoms with Crippen LogP contribution in [-0.2, 0) is 0 Å². The molecule has 0 saturated carbocycles. The van der Waals surface area contributed by atoms with Crippen molar-refractivity contribution in [2.75, 3.05) is 5.75 Å². The first kappa shape index (κ1) is 14.0. The third-order valence-corrected chi connectivity index (χ3v) is 3.81. The number of thioether (sulfide) groups is 1.